The zero-order valence-corrected chi connectivity index (χ0v) is 47.5. The molecule has 10 N–H and O–H groups in total. The van der Waals surface area contributed by atoms with Gasteiger partial charge in [0, 0.05) is 35.3 Å². The summed E-state index contributed by atoms with van der Waals surface area (Å²) >= 11 is 0. The minimum Gasteiger partial charge on any atom is -0.494 e. The lowest BCUT2D eigenvalue weighted by atomic mass is 9.92. The SMILES string of the molecule is CCCCCOC(=O)NC(=N)c1ccc(OCCCC2CCN(CCCOc3ccc(C(=N)NC(=O)OCCCCC)cc3)CC2)cc1.N=C(N)c1ccc(OCCCC2CCN(CCCOc3ccc(C(=N)N)cc3)CC2)cc1. The topological polar surface area (TPSA) is 267 Å². The minimum atomic E-state index is -0.596. The number of nitrogens with two attached hydrogens (primary N) is 2. The zero-order valence-electron chi connectivity index (χ0n) is 47.5. The van der Waals surface area contributed by atoms with Gasteiger partial charge < -0.3 is 49.7 Å². The summed E-state index contributed by atoms with van der Waals surface area (Å²) in [5.74, 6) is 4.84. The summed E-state index contributed by atoms with van der Waals surface area (Å²) in [7, 11) is 0. The molecular formula is C62H90N10O8. The summed E-state index contributed by atoms with van der Waals surface area (Å²) in [6, 6.07) is 29.1. The molecule has 0 radical (unpaired) electrons. The summed E-state index contributed by atoms with van der Waals surface area (Å²) in [6.45, 7) is 14.2. The van der Waals surface area contributed by atoms with E-state index in [-0.39, 0.29) is 23.3 Å². The molecule has 2 amide bonds. The maximum absolute atomic E-state index is 11.8. The molecule has 6 rings (SSSR count). The van der Waals surface area contributed by atoms with Crippen molar-refractivity contribution in [3.05, 3.63) is 119 Å². The summed E-state index contributed by atoms with van der Waals surface area (Å²) in [5.41, 5.74) is 13.6. The van der Waals surface area contributed by atoms with Crippen molar-refractivity contribution in [2.24, 2.45) is 23.3 Å². The molecule has 0 atom stereocenters. The predicted octanol–water partition coefficient (Wildman–Crippen LogP) is 11.1. The fourth-order valence-electron chi connectivity index (χ4n) is 9.43. The third kappa shape index (κ3) is 25.3. The maximum Gasteiger partial charge on any atom is 0.412 e. The molecule has 2 aliphatic heterocycles. The van der Waals surface area contributed by atoms with Crippen molar-refractivity contribution in [3.8, 4) is 23.0 Å². The van der Waals surface area contributed by atoms with E-state index in [1.165, 1.54) is 32.1 Å². The van der Waals surface area contributed by atoms with E-state index in [0.717, 1.165) is 157 Å². The van der Waals surface area contributed by atoms with Crippen LogP contribution in [0.4, 0.5) is 9.59 Å². The molecule has 2 aliphatic rings. The number of hydrogen-bond donors (Lipinski definition) is 8. The van der Waals surface area contributed by atoms with Crippen LogP contribution in [0.2, 0.25) is 0 Å². The number of benzene rings is 4. The Labute approximate surface area is 475 Å². The van der Waals surface area contributed by atoms with Crippen LogP contribution in [0.1, 0.15) is 139 Å². The zero-order chi connectivity index (χ0) is 57.2. The molecule has 0 saturated carbocycles. The third-order valence-electron chi connectivity index (χ3n) is 14.3. The Morgan fingerprint density at radius 1 is 0.438 bits per heavy atom. The molecule has 2 saturated heterocycles. The van der Waals surface area contributed by atoms with E-state index in [1.807, 2.05) is 72.8 Å². The van der Waals surface area contributed by atoms with Gasteiger partial charge in [-0.2, -0.15) is 0 Å². The van der Waals surface area contributed by atoms with Gasteiger partial charge in [-0.3, -0.25) is 32.3 Å². The van der Waals surface area contributed by atoms with Gasteiger partial charge in [-0.05, 0) is 212 Å². The number of nitrogen functional groups attached to an aromatic ring is 2. The van der Waals surface area contributed by atoms with Crippen molar-refractivity contribution in [2.45, 2.75) is 117 Å². The molecule has 436 valence electrons. The van der Waals surface area contributed by atoms with Crippen LogP contribution in [-0.4, -0.2) is 124 Å². The highest BCUT2D eigenvalue weighted by molar-refractivity contribution is 6.05. The highest BCUT2D eigenvalue weighted by Gasteiger charge is 2.20. The number of hydrogen-bond acceptors (Lipinski definition) is 14. The lowest BCUT2D eigenvalue weighted by molar-refractivity contribution is 0.148. The second-order valence-corrected chi connectivity index (χ2v) is 20.6. The average Bonchev–Trinajstić information content (AvgIpc) is 3.47. The maximum atomic E-state index is 11.8. The normalized spacial score (nSPS) is 13.9. The van der Waals surface area contributed by atoms with Gasteiger partial charge in [0.25, 0.3) is 0 Å². The number of nitrogens with zero attached hydrogens (tertiary/aromatic N) is 2. The van der Waals surface area contributed by atoms with Crippen LogP contribution < -0.4 is 41.0 Å². The number of ether oxygens (including phenoxy) is 6. The van der Waals surface area contributed by atoms with E-state index in [4.69, 9.17) is 61.5 Å². The second kappa shape index (κ2) is 36.9. The number of amides is 2. The Bertz CT molecular complexity index is 2270. The lowest BCUT2D eigenvalue weighted by Gasteiger charge is -2.32. The molecular weight excluding hydrogens is 1010 g/mol. The number of unbranched alkanes of at least 4 members (excludes halogenated alkanes) is 4. The van der Waals surface area contributed by atoms with Crippen molar-refractivity contribution in [2.75, 3.05) is 78.9 Å². The standard InChI is InChI=1S/C37H55N5O6.C25H35N5O2/c1-3-5-7-25-47-36(43)40-34(38)30-12-16-32(17-13-30)45-27-9-11-29-20-23-42(24-21-29)22-10-28-46-33-18-14-31(15-19-33)35(39)41-37(44)48-26-8-6-4-2;26-24(27)20-4-8-22(9-5-20)31-17-1-3-19-12-15-30(16-13-19)14-2-18-32-23-10-6-21(7-11-23)25(28)29/h12-19,29H,3-11,20-28H2,1-2H3,(H2,38,40,43)(H2,39,41,44);4-11,19H,1-3,12-18H2,(H3,26,27)(H3,28,29). The first kappa shape index (κ1) is 63.6. The number of nitrogens with one attached hydrogen (secondary N) is 6. The van der Waals surface area contributed by atoms with E-state index >= 15 is 0 Å². The Balaban J connectivity index is 0.000000318. The highest BCUT2D eigenvalue weighted by Crippen LogP contribution is 2.25. The average molecular weight is 1100 g/mol. The molecule has 0 unspecified atom stereocenters. The molecule has 2 fully saturated rings. The van der Waals surface area contributed by atoms with Gasteiger partial charge in [-0.25, -0.2) is 9.59 Å². The predicted molar refractivity (Wildman–Crippen MR) is 317 cm³/mol. The number of rotatable bonds is 32. The van der Waals surface area contributed by atoms with E-state index < -0.39 is 12.2 Å². The van der Waals surface area contributed by atoms with Crippen molar-refractivity contribution in [1.82, 2.24) is 20.4 Å². The smallest absolute Gasteiger partial charge is 0.412 e. The molecule has 0 aliphatic carbocycles. The van der Waals surface area contributed by atoms with E-state index in [0.29, 0.717) is 50.1 Å². The third-order valence-corrected chi connectivity index (χ3v) is 14.3. The first-order valence-electron chi connectivity index (χ1n) is 29.0. The van der Waals surface area contributed by atoms with Gasteiger partial charge in [0.05, 0.1) is 39.6 Å². The van der Waals surface area contributed by atoms with Gasteiger partial charge in [-0.1, -0.05) is 39.5 Å². The van der Waals surface area contributed by atoms with Gasteiger partial charge in [0.1, 0.15) is 46.3 Å². The van der Waals surface area contributed by atoms with Gasteiger partial charge in [0.15, 0.2) is 0 Å². The first-order chi connectivity index (χ1) is 38.9. The Morgan fingerprint density at radius 3 is 1.04 bits per heavy atom. The first-order valence-corrected chi connectivity index (χ1v) is 29.0. The van der Waals surface area contributed by atoms with Gasteiger partial charge in [0.2, 0.25) is 0 Å². The molecule has 18 nitrogen and oxygen atoms in total. The summed E-state index contributed by atoms with van der Waals surface area (Å²) in [4.78, 5) is 28.7. The summed E-state index contributed by atoms with van der Waals surface area (Å²) < 4.78 is 33.7. The summed E-state index contributed by atoms with van der Waals surface area (Å²) in [5, 5.41) is 36.0. The van der Waals surface area contributed by atoms with Crippen LogP contribution in [0.3, 0.4) is 0 Å². The number of carbonyl (C=O) groups excluding carboxylic acids is 2. The van der Waals surface area contributed by atoms with Crippen LogP contribution >= 0.6 is 0 Å². The van der Waals surface area contributed by atoms with Crippen LogP contribution in [0, 0.1) is 33.5 Å². The van der Waals surface area contributed by atoms with E-state index in [9.17, 15) is 9.59 Å². The summed E-state index contributed by atoms with van der Waals surface area (Å²) in [6.07, 6.45) is 15.9. The van der Waals surface area contributed by atoms with Crippen molar-refractivity contribution in [1.29, 1.82) is 21.6 Å². The molecule has 18 heteroatoms. The fourth-order valence-corrected chi connectivity index (χ4v) is 9.43. The Hall–Kier alpha value is -7.18. The second-order valence-electron chi connectivity index (χ2n) is 20.6. The van der Waals surface area contributed by atoms with E-state index in [1.54, 1.807) is 24.3 Å². The van der Waals surface area contributed by atoms with Crippen LogP contribution in [0.15, 0.2) is 97.1 Å². The van der Waals surface area contributed by atoms with Crippen molar-refractivity contribution >= 4 is 35.5 Å². The quantitative estimate of drug-likeness (QED) is 0.0129. The number of amidine groups is 4. The van der Waals surface area contributed by atoms with Gasteiger partial charge >= 0.3 is 12.2 Å². The largest absolute Gasteiger partial charge is 0.494 e. The van der Waals surface area contributed by atoms with Crippen LogP contribution in [-0.2, 0) is 9.47 Å². The highest BCUT2D eigenvalue weighted by atomic mass is 16.6. The number of likely N-dealkylation sites (tertiary alicyclic amines) is 2. The van der Waals surface area contributed by atoms with E-state index in [2.05, 4.69) is 34.3 Å². The Morgan fingerprint density at radius 2 is 0.738 bits per heavy atom. The molecule has 80 heavy (non-hydrogen) atoms. The monoisotopic (exact) mass is 1100 g/mol. The number of piperidine rings is 2. The molecule has 0 spiro atoms. The number of alkyl carbamates (subject to hydrolysis) is 2. The molecule has 0 bridgehead atoms. The lowest BCUT2D eigenvalue weighted by Crippen LogP contribution is -2.35. The molecule has 2 heterocycles. The number of carbonyl (C=O) groups is 2. The fraction of sp³-hybridized carbons (Fsp3) is 0.516. The van der Waals surface area contributed by atoms with Crippen LogP contribution in [0.5, 0.6) is 23.0 Å². The molecule has 4 aromatic rings. The van der Waals surface area contributed by atoms with Crippen molar-refractivity contribution < 1.29 is 38.0 Å². The molecule has 0 aromatic heterocycles. The minimum absolute atomic E-state index is 0.00893. The van der Waals surface area contributed by atoms with Crippen molar-refractivity contribution in [3.63, 3.8) is 0 Å². The van der Waals surface area contributed by atoms with Gasteiger partial charge in [-0.15, -0.1) is 0 Å². The molecule has 4 aromatic carbocycles. The van der Waals surface area contributed by atoms with Crippen LogP contribution in [0.25, 0.3) is 0 Å². The Kier molecular flexibility index (Phi) is 29.3.